The van der Waals surface area contributed by atoms with E-state index in [1.54, 1.807) is 6.08 Å². The second-order valence-electron chi connectivity index (χ2n) is 4.14. The molecular formula is C16H22O4. The van der Waals surface area contributed by atoms with Crippen molar-refractivity contribution < 1.29 is 19.0 Å². The van der Waals surface area contributed by atoms with Crippen LogP contribution in [0.1, 0.15) is 44.3 Å². The van der Waals surface area contributed by atoms with E-state index in [0.717, 1.165) is 11.1 Å². The van der Waals surface area contributed by atoms with Crippen LogP contribution in [0.3, 0.4) is 0 Å². The molecule has 1 rings (SSSR count). The van der Waals surface area contributed by atoms with Crippen molar-refractivity contribution in [1.29, 1.82) is 0 Å². The second-order valence-corrected chi connectivity index (χ2v) is 4.14. The number of ether oxygens (including phenoxy) is 3. The molecule has 1 aromatic carbocycles. The summed E-state index contributed by atoms with van der Waals surface area (Å²) in [6, 6.07) is 7.58. The van der Waals surface area contributed by atoms with Crippen molar-refractivity contribution in [3.63, 3.8) is 0 Å². The average Bonchev–Trinajstić information content (AvgIpc) is 2.44. The number of hydrogen-bond donors (Lipinski definition) is 0. The van der Waals surface area contributed by atoms with Gasteiger partial charge in [0.2, 0.25) is 0 Å². The average molecular weight is 278 g/mol. The number of hydrogen-bond acceptors (Lipinski definition) is 4. The van der Waals surface area contributed by atoms with Gasteiger partial charge < -0.3 is 14.2 Å². The van der Waals surface area contributed by atoms with Gasteiger partial charge in [0.15, 0.2) is 6.29 Å². The fourth-order valence-electron chi connectivity index (χ4n) is 1.93. The molecule has 0 fully saturated rings. The summed E-state index contributed by atoms with van der Waals surface area (Å²) in [5.74, 6) is -0.353. The van der Waals surface area contributed by atoms with E-state index in [1.165, 1.54) is 6.92 Å². The van der Waals surface area contributed by atoms with Crippen molar-refractivity contribution in [2.24, 2.45) is 0 Å². The molecule has 110 valence electrons. The van der Waals surface area contributed by atoms with Gasteiger partial charge in [0.25, 0.3) is 0 Å². The van der Waals surface area contributed by atoms with Crippen molar-refractivity contribution in [3.05, 3.63) is 48.0 Å². The van der Waals surface area contributed by atoms with Crippen molar-refractivity contribution >= 4 is 5.97 Å². The largest absolute Gasteiger partial charge is 0.453 e. The molecular weight excluding hydrogens is 256 g/mol. The molecule has 0 saturated heterocycles. The monoisotopic (exact) mass is 278 g/mol. The van der Waals surface area contributed by atoms with Crippen LogP contribution >= 0.6 is 0 Å². The highest BCUT2D eigenvalue weighted by atomic mass is 16.7. The first-order valence-electron chi connectivity index (χ1n) is 6.75. The molecule has 1 aromatic rings. The lowest BCUT2D eigenvalue weighted by Crippen LogP contribution is -2.14. The van der Waals surface area contributed by atoms with Gasteiger partial charge >= 0.3 is 5.97 Å². The minimum atomic E-state index is -0.507. The topological polar surface area (TPSA) is 44.8 Å². The van der Waals surface area contributed by atoms with Crippen LogP contribution < -0.4 is 0 Å². The third kappa shape index (κ3) is 4.47. The molecule has 0 N–H and O–H groups in total. The van der Waals surface area contributed by atoms with Gasteiger partial charge in [-0.15, -0.1) is 0 Å². The Morgan fingerprint density at radius 1 is 1.20 bits per heavy atom. The minimum absolute atomic E-state index is 0.353. The van der Waals surface area contributed by atoms with E-state index in [4.69, 9.17) is 14.2 Å². The molecule has 0 aromatic heterocycles. The molecule has 0 radical (unpaired) electrons. The lowest BCUT2D eigenvalue weighted by molar-refractivity contribution is -0.147. The van der Waals surface area contributed by atoms with Gasteiger partial charge in [0.05, 0.1) is 0 Å². The first kappa shape index (κ1) is 16.4. The predicted octanol–water partition coefficient (Wildman–Crippen LogP) is 3.55. The van der Waals surface area contributed by atoms with E-state index in [0.29, 0.717) is 13.2 Å². The molecule has 0 aliphatic heterocycles. The SMILES string of the molecule is C=CC(OC(C)=O)c1ccccc1C(OCC)OCC. The van der Waals surface area contributed by atoms with E-state index >= 15 is 0 Å². The fourth-order valence-corrected chi connectivity index (χ4v) is 1.93. The Balaban J connectivity index is 3.12. The zero-order valence-corrected chi connectivity index (χ0v) is 12.3. The molecule has 4 heteroatoms. The Kier molecular flexibility index (Phi) is 6.98. The zero-order valence-electron chi connectivity index (χ0n) is 12.3. The maximum Gasteiger partial charge on any atom is 0.303 e. The fraction of sp³-hybridized carbons (Fsp3) is 0.438. The van der Waals surface area contributed by atoms with E-state index in [9.17, 15) is 4.79 Å². The first-order chi connectivity index (χ1) is 9.63. The Hall–Kier alpha value is -1.65. The van der Waals surface area contributed by atoms with Gasteiger partial charge in [0.1, 0.15) is 6.10 Å². The number of esters is 1. The number of rotatable bonds is 8. The third-order valence-corrected chi connectivity index (χ3v) is 2.70. The highest BCUT2D eigenvalue weighted by molar-refractivity contribution is 5.66. The molecule has 20 heavy (non-hydrogen) atoms. The molecule has 0 heterocycles. The molecule has 0 saturated carbocycles. The van der Waals surface area contributed by atoms with Gasteiger partial charge in [-0.1, -0.05) is 30.8 Å². The molecule has 1 atom stereocenters. The predicted molar refractivity (Wildman–Crippen MR) is 77.1 cm³/mol. The van der Waals surface area contributed by atoms with Crippen molar-refractivity contribution in [2.75, 3.05) is 13.2 Å². The second kappa shape index (κ2) is 8.51. The Morgan fingerprint density at radius 3 is 2.20 bits per heavy atom. The summed E-state index contributed by atoms with van der Waals surface area (Å²) in [6.07, 6.45) is 0.612. The maximum atomic E-state index is 11.2. The standard InChI is InChI=1S/C16H22O4/c1-5-15(20-12(4)17)13-10-8-9-11-14(13)16(18-6-2)19-7-3/h5,8-11,15-16H,1,6-7H2,2-4H3. The summed E-state index contributed by atoms with van der Waals surface area (Å²) < 4.78 is 16.5. The molecule has 0 bridgehead atoms. The van der Waals surface area contributed by atoms with Crippen LogP contribution in [0.25, 0.3) is 0 Å². The van der Waals surface area contributed by atoms with E-state index < -0.39 is 12.4 Å². The molecule has 0 spiro atoms. The quantitative estimate of drug-likeness (QED) is 0.414. The van der Waals surface area contributed by atoms with E-state index in [1.807, 2.05) is 38.1 Å². The van der Waals surface area contributed by atoms with Crippen molar-refractivity contribution in [2.45, 2.75) is 33.2 Å². The van der Waals surface area contributed by atoms with Crippen LogP contribution in [0, 0.1) is 0 Å². The van der Waals surface area contributed by atoms with Crippen molar-refractivity contribution in [1.82, 2.24) is 0 Å². The van der Waals surface area contributed by atoms with Crippen LogP contribution in [0.15, 0.2) is 36.9 Å². The van der Waals surface area contributed by atoms with E-state index in [2.05, 4.69) is 6.58 Å². The normalized spacial score (nSPS) is 12.2. The van der Waals surface area contributed by atoms with Crippen LogP contribution in [0.2, 0.25) is 0 Å². The molecule has 0 aliphatic carbocycles. The molecule has 1 unspecified atom stereocenters. The lowest BCUT2D eigenvalue weighted by atomic mass is 10.0. The highest BCUT2D eigenvalue weighted by Crippen LogP contribution is 2.29. The Morgan fingerprint density at radius 2 is 1.75 bits per heavy atom. The van der Waals surface area contributed by atoms with Gasteiger partial charge in [0, 0.05) is 31.3 Å². The maximum absolute atomic E-state index is 11.2. The summed E-state index contributed by atoms with van der Waals surface area (Å²) in [5.41, 5.74) is 1.67. The van der Waals surface area contributed by atoms with Gasteiger partial charge in [-0.2, -0.15) is 0 Å². The molecule has 0 aliphatic rings. The highest BCUT2D eigenvalue weighted by Gasteiger charge is 2.21. The number of benzene rings is 1. The van der Waals surface area contributed by atoms with Gasteiger partial charge in [-0.05, 0) is 19.9 Å². The lowest BCUT2D eigenvalue weighted by Gasteiger charge is -2.23. The van der Waals surface area contributed by atoms with Crippen LogP contribution in [-0.2, 0) is 19.0 Å². The summed E-state index contributed by atoms with van der Waals surface area (Å²) >= 11 is 0. The van der Waals surface area contributed by atoms with Crippen LogP contribution in [0.4, 0.5) is 0 Å². The Bertz CT molecular complexity index is 436. The molecule has 0 amide bonds. The zero-order chi connectivity index (χ0) is 15.0. The van der Waals surface area contributed by atoms with Crippen LogP contribution in [0.5, 0.6) is 0 Å². The van der Waals surface area contributed by atoms with E-state index in [-0.39, 0.29) is 5.97 Å². The van der Waals surface area contributed by atoms with Gasteiger partial charge in [-0.3, -0.25) is 4.79 Å². The summed E-state index contributed by atoms with van der Waals surface area (Å²) in [7, 11) is 0. The summed E-state index contributed by atoms with van der Waals surface area (Å²) in [5, 5.41) is 0. The Labute approximate surface area is 120 Å². The van der Waals surface area contributed by atoms with Crippen LogP contribution in [-0.4, -0.2) is 19.2 Å². The smallest absolute Gasteiger partial charge is 0.303 e. The third-order valence-electron chi connectivity index (χ3n) is 2.70. The summed E-state index contributed by atoms with van der Waals surface area (Å²) in [4.78, 5) is 11.2. The summed E-state index contributed by atoms with van der Waals surface area (Å²) in [6.45, 7) is 9.98. The number of carbonyl (C=O) groups is 1. The van der Waals surface area contributed by atoms with Crippen molar-refractivity contribution in [3.8, 4) is 0 Å². The molecule has 4 nitrogen and oxygen atoms in total. The van der Waals surface area contributed by atoms with Gasteiger partial charge in [-0.25, -0.2) is 0 Å². The minimum Gasteiger partial charge on any atom is -0.453 e. The number of carbonyl (C=O) groups excluding carboxylic acids is 1. The first-order valence-corrected chi connectivity index (χ1v) is 6.75.